The van der Waals surface area contributed by atoms with E-state index in [-0.39, 0.29) is 32.1 Å². The molecule has 1 amide bonds. The van der Waals surface area contributed by atoms with Gasteiger partial charge in [0.15, 0.2) is 0 Å². The average molecular weight is 654 g/mol. The first-order chi connectivity index (χ1) is 21.8. The Morgan fingerprint density at radius 2 is 1.27 bits per heavy atom. The molecule has 0 saturated carbocycles. The quantitative estimate of drug-likeness (QED) is 0.0306. The van der Waals surface area contributed by atoms with Gasteiger partial charge in [-0.15, -0.1) is 0 Å². The van der Waals surface area contributed by atoms with Crippen molar-refractivity contribution < 1.29 is 37.9 Å². The van der Waals surface area contributed by atoms with E-state index in [4.69, 9.17) is 13.8 Å². The van der Waals surface area contributed by atoms with Crippen molar-refractivity contribution in [2.75, 3.05) is 26.4 Å². The molecule has 0 aliphatic carbocycles. The van der Waals surface area contributed by atoms with Crippen molar-refractivity contribution in [1.29, 1.82) is 0 Å². The molecule has 0 heterocycles. The average Bonchev–Trinajstić information content (AvgIpc) is 3.02. The lowest BCUT2D eigenvalue weighted by atomic mass is 10.1. The number of hydrogen-bond acceptors (Lipinski definition) is 7. The number of allylic oxidation sites excluding steroid dienone is 10. The van der Waals surface area contributed by atoms with Crippen LogP contribution in [-0.4, -0.2) is 54.3 Å². The normalized spacial score (nSPS) is 14.3. The van der Waals surface area contributed by atoms with Crippen molar-refractivity contribution in [2.45, 2.75) is 123 Å². The second kappa shape index (κ2) is 31.7. The minimum Gasteiger partial charge on any atom is -0.463 e. The monoisotopic (exact) mass is 653 g/mol. The molecule has 0 bridgehead atoms. The molecule has 2 atom stereocenters. The molecule has 0 aliphatic heterocycles. The smallest absolute Gasteiger partial charge is 0.463 e. The molecule has 45 heavy (non-hydrogen) atoms. The van der Waals surface area contributed by atoms with Crippen LogP contribution in [0.4, 0.5) is 0 Å². The van der Waals surface area contributed by atoms with Gasteiger partial charge in [-0.25, -0.2) is 4.57 Å². The van der Waals surface area contributed by atoms with Gasteiger partial charge in [-0.1, -0.05) is 107 Å². The van der Waals surface area contributed by atoms with Crippen LogP contribution >= 0.6 is 7.82 Å². The van der Waals surface area contributed by atoms with Gasteiger partial charge in [0.2, 0.25) is 5.91 Å². The Balaban J connectivity index is 3.73. The van der Waals surface area contributed by atoms with Crippen LogP contribution in [0.5, 0.6) is 0 Å². The fourth-order valence-electron chi connectivity index (χ4n) is 3.93. The summed E-state index contributed by atoms with van der Waals surface area (Å²) in [5.41, 5.74) is 0. The van der Waals surface area contributed by atoms with Crippen LogP contribution < -0.4 is 5.32 Å². The summed E-state index contributed by atoms with van der Waals surface area (Å²) >= 11 is 0. The first kappa shape index (κ1) is 42.7. The van der Waals surface area contributed by atoms with Gasteiger partial charge in [0.05, 0.1) is 13.2 Å². The van der Waals surface area contributed by atoms with E-state index < -0.39 is 26.5 Å². The van der Waals surface area contributed by atoms with E-state index >= 15 is 0 Å². The molecule has 3 N–H and O–H groups in total. The van der Waals surface area contributed by atoms with Crippen LogP contribution in [0.2, 0.25) is 0 Å². The van der Waals surface area contributed by atoms with Crippen molar-refractivity contribution in [1.82, 2.24) is 5.32 Å². The van der Waals surface area contributed by atoms with Gasteiger partial charge < -0.3 is 20.1 Å². The Morgan fingerprint density at radius 3 is 1.89 bits per heavy atom. The van der Waals surface area contributed by atoms with E-state index in [1.54, 1.807) is 0 Å². The van der Waals surface area contributed by atoms with Crippen LogP contribution in [0.15, 0.2) is 60.8 Å². The topological polar surface area (TPSA) is 131 Å². The molecule has 0 aromatic heterocycles. The molecule has 0 spiro atoms. The molecule has 9 nitrogen and oxygen atoms in total. The summed E-state index contributed by atoms with van der Waals surface area (Å²) in [6.45, 7) is 3.26. The maximum absolute atomic E-state index is 11.9. The summed E-state index contributed by atoms with van der Waals surface area (Å²) in [4.78, 5) is 33.4. The predicted molar refractivity (Wildman–Crippen MR) is 183 cm³/mol. The Labute approximate surface area is 272 Å². The number of carbonyl (C=O) groups excluding carboxylic acids is 2. The molecule has 258 valence electrons. The third-order valence-electron chi connectivity index (χ3n) is 6.46. The Kier molecular flexibility index (Phi) is 30.1. The number of aliphatic hydroxyl groups excluding tert-OH is 1. The van der Waals surface area contributed by atoms with Crippen LogP contribution in [0.25, 0.3) is 0 Å². The van der Waals surface area contributed by atoms with Crippen LogP contribution in [0, 0.1) is 0 Å². The van der Waals surface area contributed by atoms with Gasteiger partial charge in [0.1, 0.15) is 12.7 Å². The van der Waals surface area contributed by atoms with Crippen LogP contribution in [0.3, 0.4) is 0 Å². The summed E-state index contributed by atoms with van der Waals surface area (Å²) in [5, 5.41) is 12.5. The maximum Gasteiger partial charge on any atom is 0.472 e. The maximum atomic E-state index is 11.9. The van der Waals surface area contributed by atoms with Crippen molar-refractivity contribution in [3.05, 3.63) is 60.8 Å². The number of amides is 1. The second-order valence-electron chi connectivity index (χ2n) is 10.8. The predicted octanol–water partition coefficient (Wildman–Crippen LogP) is 8.20. The zero-order valence-electron chi connectivity index (χ0n) is 27.8. The third-order valence-corrected chi connectivity index (χ3v) is 7.45. The van der Waals surface area contributed by atoms with E-state index in [1.165, 1.54) is 0 Å². The van der Waals surface area contributed by atoms with Gasteiger partial charge >= 0.3 is 13.8 Å². The Hall–Kier alpha value is -2.29. The van der Waals surface area contributed by atoms with E-state index in [9.17, 15) is 24.2 Å². The Bertz CT molecular complexity index is 929. The van der Waals surface area contributed by atoms with Gasteiger partial charge in [-0.3, -0.25) is 18.6 Å². The number of ether oxygens (including phenoxy) is 1. The number of rotatable bonds is 30. The molecular weight excluding hydrogens is 593 g/mol. The highest BCUT2D eigenvalue weighted by molar-refractivity contribution is 7.47. The molecule has 0 aromatic carbocycles. The number of nitrogens with one attached hydrogen (secondary N) is 1. The molecule has 0 radical (unpaired) electrons. The fraction of sp³-hybridized carbons (Fsp3) is 0.657. The van der Waals surface area contributed by atoms with E-state index in [0.717, 1.165) is 83.5 Å². The lowest BCUT2D eigenvalue weighted by Gasteiger charge is -2.15. The second-order valence-corrected chi connectivity index (χ2v) is 12.2. The van der Waals surface area contributed by atoms with E-state index in [2.05, 4.69) is 79.9 Å². The first-order valence-corrected chi connectivity index (χ1v) is 18.3. The summed E-state index contributed by atoms with van der Waals surface area (Å²) in [7, 11) is -4.40. The van der Waals surface area contributed by atoms with Crippen LogP contribution in [0.1, 0.15) is 117 Å². The van der Waals surface area contributed by atoms with E-state index in [1.807, 2.05) is 0 Å². The van der Waals surface area contributed by atoms with Gasteiger partial charge in [-0.2, -0.15) is 0 Å². The molecule has 10 heteroatoms. The van der Waals surface area contributed by atoms with Crippen molar-refractivity contribution in [2.24, 2.45) is 0 Å². The summed E-state index contributed by atoms with van der Waals surface area (Å²) in [6, 6.07) is 0. The molecule has 0 fully saturated rings. The van der Waals surface area contributed by atoms with Crippen molar-refractivity contribution in [3.8, 4) is 0 Å². The summed E-state index contributed by atoms with van der Waals surface area (Å²) in [6.07, 6.45) is 34.8. The number of hydrogen-bond donors (Lipinski definition) is 3. The lowest BCUT2D eigenvalue weighted by molar-refractivity contribution is -0.147. The zero-order valence-corrected chi connectivity index (χ0v) is 28.7. The van der Waals surface area contributed by atoms with Gasteiger partial charge in [-0.05, 0) is 57.8 Å². The molecule has 0 aromatic rings. The highest BCUT2D eigenvalue weighted by atomic mass is 31.2. The molecule has 0 rings (SSSR count). The first-order valence-electron chi connectivity index (χ1n) is 16.8. The number of carbonyl (C=O) groups is 2. The number of unbranched alkanes of at least 4 members (excludes halogenated alkanes) is 7. The number of esters is 1. The minimum atomic E-state index is -4.40. The number of aliphatic hydroxyl groups is 1. The van der Waals surface area contributed by atoms with Gasteiger partial charge in [0.25, 0.3) is 0 Å². The summed E-state index contributed by atoms with van der Waals surface area (Å²) < 4.78 is 26.5. The SMILES string of the molecule is CC/C=C\C/C=C\C/C=C\C/C=C\C/C=C\CCCCCC(=O)OCC(O)COP(=O)(O)OCCNC(=O)CCCCCCC. The number of phosphoric acid groups is 1. The molecular formula is C35H60NO8P. The fourth-order valence-corrected chi connectivity index (χ4v) is 4.69. The Morgan fingerprint density at radius 1 is 0.711 bits per heavy atom. The lowest BCUT2D eigenvalue weighted by Crippen LogP contribution is -2.27. The van der Waals surface area contributed by atoms with Gasteiger partial charge in [0, 0.05) is 19.4 Å². The highest BCUT2D eigenvalue weighted by Gasteiger charge is 2.23. The zero-order chi connectivity index (χ0) is 33.3. The molecule has 2 unspecified atom stereocenters. The molecule has 0 saturated heterocycles. The largest absolute Gasteiger partial charge is 0.472 e. The third kappa shape index (κ3) is 32.9. The summed E-state index contributed by atoms with van der Waals surface area (Å²) in [5.74, 6) is -0.570. The standard InChI is InChI=1S/C35H60NO8P/c1-3-5-7-9-10-11-12-13-14-15-16-17-18-19-20-21-22-24-26-28-35(39)42-31-33(37)32-44-45(40,41)43-30-29-36-34(38)27-25-23-8-6-4-2/h5,7,10-11,13-14,16-17,19-20,33,37H,3-4,6,8-9,12,15,18,21-32H2,1-2H3,(H,36,38)(H,40,41)/b7-5-,11-10-,14-13-,17-16-,20-19-. The molecule has 0 aliphatic rings. The van der Waals surface area contributed by atoms with Crippen molar-refractivity contribution in [3.63, 3.8) is 0 Å². The van der Waals surface area contributed by atoms with Crippen molar-refractivity contribution >= 4 is 19.7 Å². The van der Waals surface area contributed by atoms with Crippen LogP contribution in [-0.2, 0) is 27.9 Å². The highest BCUT2D eigenvalue weighted by Crippen LogP contribution is 2.42. The number of phosphoric ester groups is 1. The van der Waals surface area contributed by atoms with E-state index in [0.29, 0.717) is 12.8 Å². The minimum absolute atomic E-state index is 0.0736.